The van der Waals surface area contributed by atoms with E-state index in [1.165, 1.54) is 12.8 Å². The molecule has 2 N–H and O–H groups in total. The number of carbonyl (C=O) groups excluding carboxylic acids is 1. The van der Waals surface area contributed by atoms with E-state index >= 15 is 0 Å². The summed E-state index contributed by atoms with van der Waals surface area (Å²) >= 11 is 0. The molecule has 120 valence electrons. The van der Waals surface area contributed by atoms with Gasteiger partial charge in [0.15, 0.2) is 0 Å². The number of likely N-dealkylation sites (tertiary alicyclic amines) is 1. The number of carbonyl (C=O) groups is 1. The standard InChI is InChI=1S/C19H23N3O/c23-18(22-12-4-9-19(14-22)10-11-20-13-19)17-8-7-16(21-17)15-5-2-1-3-6-15/h1-3,5-8,20-21H,4,9-14H2. The summed E-state index contributed by atoms with van der Waals surface area (Å²) in [6, 6.07) is 14.1. The van der Waals surface area contributed by atoms with Crippen molar-refractivity contribution in [2.45, 2.75) is 19.3 Å². The van der Waals surface area contributed by atoms with Gasteiger partial charge in [0.1, 0.15) is 5.69 Å². The zero-order valence-corrected chi connectivity index (χ0v) is 13.3. The number of benzene rings is 1. The van der Waals surface area contributed by atoms with Crippen LogP contribution in [0.5, 0.6) is 0 Å². The molecule has 1 unspecified atom stereocenters. The van der Waals surface area contributed by atoms with E-state index in [-0.39, 0.29) is 5.91 Å². The first-order valence-electron chi connectivity index (χ1n) is 8.50. The summed E-state index contributed by atoms with van der Waals surface area (Å²) in [6.07, 6.45) is 3.54. The molecule has 4 nitrogen and oxygen atoms in total. The van der Waals surface area contributed by atoms with Crippen LogP contribution in [-0.4, -0.2) is 42.0 Å². The lowest BCUT2D eigenvalue weighted by atomic mass is 9.79. The first kappa shape index (κ1) is 14.5. The molecule has 1 amide bonds. The van der Waals surface area contributed by atoms with Gasteiger partial charge in [-0.25, -0.2) is 0 Å². The largest absolute Gasteiger partial charge is 0.351 e. The van der Waals surface area contributed by atoms with Crippen LogP contribution in [0.2, 0.25) is 0 Å². The average Bonchev–Trinajstić information content (AvgIpc) is 3.25. The highest BCUT2D eigenvalue weighted by Gasteiger charge is 2.39. The number of nitrogens with zero attached hydrogens (tertiary/aromatic N) is 1. The Balaban J connectivity index is 1.52. The van der Waals surface area contributed by atoms with E-state index < -0.39 is 0 Å². The number of hydrogen-bond acceptors (Lipinski definition) is 2. The highest BCUT2D eigenvalue weighted by Crippen LogP contribution is 2.36. The first-order valence-corrected chi connectivity index (χ1v) is 8.50. The molecular weight excluding hydrogens is 286 g/mol. The zero-order valence-electron chi connectivity index (χ0n) is 13.3. The third-order valence-corrected chi connectivity index (χ3v) is 5.28. The molecule has 2 fully saturated rings. The van der Waals surface area contributed by atoms with Gasteiger partial charge in [0.25, 0.3) is 5.91 Å². The molecular formula is C19H23N3O. The van der Waals surface area contributed by atoms with Crippen LogP contribution < -0.4 is 5.32 Å². The molecule has 2 aliphatic heterocycles. The Morgan fingerprint density at radius 1 is 1.09 bits per heavy atom. The first-order chi connectivity index (χ1) is 11.3. The Bertz CT molecular complexity index is 686. The third kappa shape index (κ3) is 2.79. The number of H-pyrrole nitrogens is 1. The van der Waals surface area contributed by atoms with E-state index in [2.05, 4.69) is 22.4 Å². The number of aromatic amines is 1. The van der Waals surface area contributed by atoms with Crippen molar-refractivity contribution < 1.29 is 4.79 Å². The van der Waals surface area contributed by atoms with Crippen molar-refractivity contribution in [3.63, 3.8) is 0 Å². The second kappa shape index (κ2) is 5.85. The van der Waals surface area contributed by atoms with E-state index in [1.54, 1.807) is 0 Å². The van der Waals surface area contributed by atoms with Crippen molar-refractivity contribution in [3.8, 4) is 11.3 Å². The number of nitrogens with one attached hydrogen (secondary N) is 2. The van der Waals surface area contributed by atoms with Gasteiger partial charge in [-0.15, -0.1) is 0 Å². The summed E-state index contributed by atoms with van der Waals surface area (Å²) in [5.41, 5.74) is 3.12. The molecule has 1 aromatic carbocycles. The molecule has 0 saturated carbocycles. The molecule has 2 aromatic rings. The van der Waals surface area contributed by atoms with Crippen LogP contribution in [0.15, 0.2) is 42.5 Å². The predicted molar refractivity (Wildman–Crippen MR) is 91.3 cm³/mol. The Labute approximate surface area is 136 Å². The van der Waals surface area contributed by atoms with Gasteiger partial charge >= 0.3 is 0 Å². The number of amides is 1. The van der Waals surface area contributed by atoms with Crippen LogP contribution in [0.1, 0.15) is 29.8 Å². The number of rotatable bonds is 2. The van der Waals surface area contributed by atoms with Gasteiger partial charge in [-0.2, -0.15) is 0 Å². The van der Waals surface area contributed by atoms with E-state index in [1.807, 2.05) is 35.2 Å². The smallest absolute Gasteiger partial charge is 0.270 e. The van der Waals surface area contributed by atoms with Gasteiger partial charge in [-0.3, -0.25) is 4.79 Å². The molecule has 0 bridgehead atoms. The lowest BCUT2D eigenvalue weighted by Gasteiger charge is -2.39. The lowest BCUT2D eigenvalue weighted by Crippen LogP contribution is -2.47. The molecule has 2 aliphatic rings. The van der Waals surface area contributed by atoms with Crippen molar-refractivity contribution in [1.82, 2.24) is 15.2 Å². The predicted octanol–water partition coefficient (Wildman–Crippen LogP) is 2.90. The van der Waals surface area contributed by atoms with Gasteiger partial charge < -0.3 is 15.2 Å². The average molecular weight is 309 g/mol. The van der Waals surface area contributed by atoms with E-state index in [0.29, 0.717) is 11.1 Å². The Morgan fingerprint density at radius 2 is 1.96 bits per heavy atom. The molecule has 1 aromatic heterocycles. The zero-order chi connectivity index (χ0) is 15.7. The quantitative estimate of drug-likeness (QED) is 0.896. The van der Waals surface area contributed by atoms with Gasteiger partial charge in [0.05, 0.1) is 0 Å². The van der Waals surface area contributed by atoms with Crippen molar-refractivity contribution in [1.29, 1.82) is 0 Å². The Hall–Kier alpha value is -2.07. The van der Waals surface area contributed by atoms with Gasteiger partial charge in [-0.05, 0) is 43.5 Å². The summed E-state index contributed by atoms with van der Waals surface area (Å²) in [5, 5.41) is 3.46. The minimum atomic E-state index is 0.137. The molecule has 4 heteroatoms. The fourth-order valence-corrected chi connectivity index (χ4v) is 4.00. The van der Waals surface area contributed by atoms with Crippen LogP contribution in [0, 0.1) is 5.41 Å². The highest BCUT2D eigenvalue weighted by atomic mass is 16.2. The second-order valence-corrected chi connectivity index (χ2v) is 6.91. The Kier molecular flexibility index (Phi) is 3.69. The van der Waals surface area contributed by atoms with Crippen LogP contribution in [-0.2, 0) is 0 Å². The van der Waals surface area contributed by atoms with Gasteiger partial charge in [-0.1, -0.05) is 30.3 Å². The summed E-state index contributed by atoms with van der Waals surface area (Å²) in [7, 11) is 0. The fourth-order valence-electron chi connectivity index (χ4n) is 4.00. The maximum Gasteiger partial charge on any atom is 0.270 e. The number of piperidine rings is 1. The van der Waals surface area contributed by atoms with Gasteiger partial charge in [0, 0.05) is 30.7 Å². The molecule has 1 atom stereocenters. The van der Waals surface area contributed by atoms with Crippen molar-refractivity contribution >= 4 is 5.91 Å². The molecule has 0 radical (unpaired) electrons. The van der Waals surface area contributed by atoms with E-state index in [4.69, 9.17) is 0 Å². The van der Waals surface area contributed by atoms with Crippen molar-refractivity contribution in [2.75, 3.05) is 26.2 Å². The van der Waals surface area contributed by atoms with Crippen molar-refractivity contribution in [3.05, 3.63) is 48.2 Å². The maximum atomic E-state index is 12.9. The SMILES string of the molecule is O=C(c1ccc(-c2ccccc2)[nH]1)N1CCCC2(CCNC2)C1. The topological polar surface area (TPSA) is 48.1 Å². The van der Waals surface area contributed by atoms with E-state index in [9.17, 15) is 4.79 Å². The third-order valence-electron chi connectivity index (χ3n) is 5.28. The lowest BCUT2D eigenvalue weighted by molar-refractivity contribution is 0.0548. The molecule has 3 heterocycles. The van der Waals surface area contributed by atoms with Crippen LogP contribution in [0.3, 0.4) is 0 Å². The second-order valence-electron chi connectivity index (χ2n) is 6.91. The minimum absolute atomic E-state index is 0.137. The Morgan fingerprint density at radius 3 is 2.74 bits per heavy atom. The van der Waals surface area contributed by atoms with Crippen LogP contribution in [0.25, 0.3) is 11.3 Å². The molecule has 1 spiro atoms. The molecule has 0 aliphatic carbocycles. The molecule has 2 saturated heterocycles. The highest BCUT2D eigenvalue weighted by molar-refractivity contribution is 5.93. The van der Waals surface area contributed by atoms with Crippen LogP contribution >= 0.6 is 0 Å². The summed E-state index contributed by atoms with van der Waals surface area (Å²) in [4.78, 5) is 18.2. The normalized spacial score (nSPS) is 24.3. The van der Waals surface area contributed by atoms with Crippen molar-refractivity contribution in [2.24, 2.45) is 5.41 Å². The maximum absolute atomic E-state index is 12.9. The monoisotopic (exact) mass is 309 g/mol. The summed E-state index contributed by atoms with van der Waals surface area (Å²) < 4.78 is 0. The minimum Gasteiger partial charge on any atom is -0.351 e. The number of aromatic nitrogens is 1. The fraction of sp³-hybridized carbons (Fsp3) is 0.421. The molecule has 4 rings (SSSR count). The molecule has 23 heavy (non-hydrogen) atoms. The summed E-state index contributed by atoms with van der Waals surface area (Å²) in [6.45, 7) is 3.90. The summed E-state index contributed by atoms with van der Waals surface area (Å²) in [5.74, 6) is 0.137. The van der Waals surface area contributed by atoms with Gasteiger partial charge in [0.2, 0.25) is 0 Å². The van der Waals surface area contributed by atoms with Crippen LogP contribution in [0.4, 0.5) is 0 Å². The van der Waals surface area contributed by atoms with E-state index in [0.717, 1.165) is 43.9 Å². The number of hydrogen-bond donors (Lipinski definition) is 2.